The Morgan fingerprint density at radius 1 is 1.23 bits per heavy atom. The van der Waals surface area contributed by atoms with Gasteiger partial charge in [-0.2, -0.15) is 0 Å². The molecule has 1 fully saturated rings. The summed E-state index contributed by atoms with van der Waals surface area (Å²) in [5.74, 6) is 0.248. The summed E-state index contributed by atoms with van der Waals surface area (Å²) in [6.07, 6.45) is 1.12. The number of nitrogens with two attached hydrogens (primary N) is 2. The van der Waals surface area contributed by atoms with Crippen LogP contribution in [0.1, 0.15) is 29.2 Å². The van der Waals surface area contributed by atoms with Crippen molar-refractivity contribution < 1.29 is 18.8 Å². The summed E-state index contributed by atoms with van der Waals surface area (Å²) in [6, 6.07) is 7.57. The highest BCUT2D eigenvalue weighted by Crippen LogP contribution is 2.32. The second-order valence-corrected chi connectivity index (χ2v) is 7.42. The number of hydrogen-bond donors (Lipinski definition) is 3. The molecular formula is C21H24N6O4. The number of benzene rings is 1. The fraction of sp³-hybridized carbons (Fsp3) is 0.333. The van der Waals surface area contributed by atoms with Crippen molar-refractivity contribution in [1.29, 1.82) is 0 Å². The molecule has 1 unspecified atom stereocenters. The lowest BCUT2D eigenvalue weighted by Gasteiger charge is -2.27. The molecule has 0 radical (unpaired) electrons. The molecule has 0 saturated carbocycles. The standard InChI is InChI=1S/C21H24N6O4/c22-18-6-5-17(31-18)20-25-14-12-13(21(30)26-9-7-24-8-10-26)3-4-15(14)27(20)16(19(23)29)2-1-11-28/h3-6,11-12,16,24H,1-2,7-10,22H2,(H2,23,29). The first-order chi connectivity index (χ1) is 15.0. The van der Waals surface area contributed by atoms with Crippen LogP contribution >= 0.6 is 0 Å². The first-order valence-corrected chi connectivity index (χ1v) is 10.1. The second kappa shape index (κ2) is 8.60. The lowest BCUT2D eigenvalue weighted by molar-refractivity contribution is -0.121. The van der Waals surface area contributed by atoms with E-state index in [2.05, 4.69) is 10.3 Å². The van der Waals surface area contributed by atoms with Crippen LogP contribution in [-0.2, 0) is 9.59 Å². The van der Waals surface area contributed by atoms with Crippen molar-refractivity contribution in [2.75, 3.05) is 31.9 Å². The number of amides is 2. The molecule has 10 heteroatoms. The molecule has 1 aliphatic heterocycles. The van der Waals surface area contributed by atoms with E-state index in [1.807, 2.05) is 0 Å². The third-order valence-electron chi connectivity index (χ3n) is 5.39. The van der Waals surface area contributed by atoms with E-state index in [0.29, 0.717) is 41.3 Å². The third kappa shape index (κ3) is 4.02. The van der Waals surface area contributed by atoms with E-state index >= 15 is 0 Å². The van der Waals surface area contributed by atoms with E-state index in [4.69, 9.17) is 15.9 Å². The number of carbonyl (C=O) groups excluding carboxylic acids is 3. The number of nitrogens with zero attached hydrogens (tertiary/aromatic N) is 3. The highest BCUT2D eigenvalue weighted by atomic mass is 16.4. The van der Waals surface area contributed by atoms with Crippen LogP contribution in [0, 0.1) is 0 Å². The maximum absolute atomic E-state index is 12.9. The summed E-state index contributed by atoms with van der Waals surface area (Å²) in [5, 5.41) is 3.22. The number of aldehydes is 1. The predicted octanol–water partition coefficient (Wildman–Crippen LogP) is 0.929. The van der Waals surface area contributed by atoms with Crippen LogP contribution in [0.4, 0.5) is 5.88 Å². The molecule has 0 spiro atoms. The monoisotopic (exact) mass is 424 g/mol. The van der Waals surface area contributed by atoms with Gasteiger partial charge in [0, 0.05) is 44.2 Å². The van der Waals surface area contributed by atoms with Gasteiger partial charge in [-0.05, 0) is 30.7 Å². The van der Waals surface area contributed by atoms with Crippen LogP contribution in [0.5, 0.6) is 0 Å². The smallest absolute Gasteiger partial charge is 0.254 e. The van der Waals surface area contributed by atoms with Gasteiger partial charge in [-0.25, -0.2) is 4.98 Å². The van der Waals surface area contributed by atoms with Crippen molar-refractivity contribution in [1.82, 2.24) is 19.8 Å². The normalized spacial score (nSPS) is 15.2. The number of primary amides is 1. The summed E-state index contributed by atoms with van der Waals surface area (Å²) < 4.78 is 7.19. The number of nitrogen functional groups attached to an aromatic ring is 1. The van der Waals surface area contributed by atoms with Crippen molar-refractivity contribution in [2.45, 2.75) is 18.9 Å². The van der Waals surface area contributed by atoms with Gasteiger partial charge in [0.05, 0.1) is 11.0 Å². The molecule has 162 valence electrons. The first kappa shape index (κ1) is 20.6. The lowest BCUT2D eigenvalue weighted by atomic mass is 10.1. The number of hydrogen-bond acceptors (Lipinski definition) is 7. The van der Waals surface area contributed by atoms with Gasteiger partial charge in [0.15, 0.2) is 17.5 Å². The highest BCUT2D eigenvalue weighted by Gasteiger charge is 2.27. The number of carbonyl (C=O) groups is 3. The fourth-order valence-electron chi connectivity index (χ4n) is 3.87. The minimum absolute atomic E-state index is 0.0749. The molecule has 0 bridgehead atoms. The summed E-state index contributed by atoms with van der Waals surface area (Å²) in [5.41, 5.74) is 13.0. The number of piperazine rings is 1. The van der Waals surface area contributed by atoms with Crippen molar-refractivity contribution in [3.63, 3.8) is 0 Å². The Bertz CT molecular complexity index is 1130. The van der Waals surface area contributed by atoms with Crippen LogP contribution in [0.15, 0.2) is 34.7 Å². The molecule has 1 aromatic carbocycles. The minimum atomic E-state index is -0.814. The molecule has 3 aromatic rings. The van der Waals surface area contributed by atoms with Crippen molar-refractivity contribution in [3.05, 3.63) is 35.9 Å². The van der Waals surface area contributed by atoms with E-state index in [-0.39, 0.29) is 24.6 Å². The van der Waals surface area contributed by atoms with Crippen molar-refractivity contribution in [3.8, 4) is 11.6 Å². The third-order valence-corrected chi connectivity index (χ3v) is 5.39. The topological polar surface area (TPSA) is 149 Å². The van der Waals surface area contributed by atoms with Crippen molar-refractivity contribution in [2.24, 2.45) is 5.73 Å². The van der Waals surface area contributed by atoms with E-state index in [1.165, 1.54) is 0 Å². The number of aromatic nitrogens is 2. The van der Waals surface area contributed by atoms with Crippen LogP contribution in [0.2, 0.25) is 0 Å². The van der Waals surface area contributed by atoms with Crippen molar-refractivity contribution >= 4 is 35.0 Å². The molecule has 1 aliphatic rings. The number of nitrogens with one attached hydrogen (secondary N) is 1. The summed E-state index contributed by atoms with van der Waals surface area (Å²) in [4.78, 5) is 42.5. The molecule has 2 aromatic heterocycles. The molecule has 1 atom stereocenters. The van der Waals surface area contributed by atoms with Gasteiger partial charge in [-0.15, -0.1) is 0 Å². The van der Waals surface area contributed by atoms with E-state index in [1.54, 1.807) is 39.8 Å². The van der Waals surface area contributed by atoms with Gasteiger partial charge in [0.1, 0.15) is 12.3 Å². The fourth-order valence-corrected chi connectivity index (χ4v) is 3.87. The number of furan rings is 1. The van der Waals surface area contributed by atoms with Crippen LogP contribution in [-0.4, -0.2) is 58.7 Å². The maximum atomic E-state index is 12.9. The van der Waals surface area contributed by atoms with Gasteiger partial charge in [-0.3, -0.25) is 9.59 Å². The maximum Gasteiger partial charge on any atom is 0.254 e. The van der Waals surface area contributed by atoms with E-state index in [0.717, 1.165) is 19.4 Å². The number of rotatable bonds is 7. The molecular weight excluding hydrogens is 400 g/mol. The zero-order chi connectivity index (χ0) is 22.0. The molecule has 2 amide bonds. The summed E-state index contributed by atoms with van der Waals surface area (Å²) in [6.45, 7) is 2.78. The molecule has 4 rings (SSSR count). The molecule has 0 aliphatic carbocycles. The van der Waals surface area contributed by atoms with Crippen LogP contribution in [0.25, 0.3) is 22.6 Å². The minimum Gasteiger partial charge on any atom is -0.438 e. The molecule has 1 saturated heterocycles. The quantitative estimate of drug-likeness (QED) is 0.478. The Labute approximate surface area is 178 Å². The van der Waals surface area contributed by atoms with Crippen LogP contribution in [0.3, 0.4) is 0 Å². The Morgan fingerprint density at radius 3 is 2.65 bits per heavy atom. The Kier molecular flexibility index (Phi) is 5.72. The highest BCUT2D eigenvalue weighted by molar-refractivity contribution is 5.98. The Hall–Kier alpha value is -3.66. The Balaban J connectivity index is 1.82. The first-order valence-electron chi connectivity index (χ1n) is 10.1. The van der Waals surface area contributed by atoms with E-state index in [9.17, 15) is 14.4 Å². The van der Waals surface area contributed by atoms with Gasteiger partial charge in [-0.1, -0.05) is 0 Å². The van der Waals surface area contributed by atoms with Crippen LogP contribution < -0.4 is 16.8 Å². The molecule has 5 N–H and O–H groups in total. The Morgan fingerprint density at radius 2 is 2.00 bits per heavy atom. The largest absolute Gasteiger partial charge is 0.438 e. The molecule has 3 heterocycles. The van der Waals surface area contributed by atoms with Gasteiger partial charge >= 0.3 is 0 Å². The predicted molar refractivity (Wildman–Crippen MR) is 114 cm³/mol. The molecule has 10 nitrogen and oxygen atoms in total. The number of fused-ring (bicyclic) bond motifs is 1. The summed E-state index contributed by atoms with van der Waals surface area (Å²) in [7, 11) is 0. The summed E-state index contributed by atoms with van der Waals surface area (Å²) >= 11 is 0. The van der Waals surface area contributed by atoms with E-state index < -0.39 is 11.9 Å². The number of imidazole rings is 1. The van der Waals surface area contributed by atoms with Gasteiger partial charge in [0.25, 0.3) is 5.91 Å². The SMILES string of the molecule is NC(=O)C(CCC=O)n1c(-c2ccc(N)o2)nc2cc(C(=O)N3CCNCC3)ccc21. The van der Waals surface area contributed by atoms with Gasteiger partial charge < -0.3 is 35.5 Å². The molecule has 31 heavy (non-hydrogen) atoms. The lowest BCUT2D eigenvalue weighted by Crippen LogP contribution is -2.46. The average molecular weight is 424 g/mol. The zero-order valence-corrected chi connectivity index (χ0v) is 16.9. The zero-order valence-electron chi connectivity index (χ0n) is 16.9. The second-order valence-electron chi connectivity index (χ2n) is 7.42. The average Bonchev–Trinajstić information content (AvgIpc) is 3.37. The number of anilines is 1. The van der Waals surface area contributed by atoms with Gasteiger partial charge in [0.2, 0.25) is 5.91 Å².